The van der Waals surface area contributed by atoms with E-state index in [1.807, 2.05) is 17.0 Å². The van der Waals surface area contributed by atoms with E-state index in [-0.39, 0.29) is 24.3 Å². The third kappa shape index (κ3) is 6.33. The summed E-state index contributed by atoms with van der Waals surface area (Å²) in [6.07, 6.45) is 2.34. The number of carbonyl (C=O) groups excluding carboxylic acids is 2. The maximum atomic E-state index is 12.7. The van der Waals surface area contributed by atoms with Crippen molar-refractivity contribution in [1.82, 2.24) is 15.5 Å². The van der Waals surface area contributed by atoms with E-state index in [0.717, 1.165) is 44.6 Å². The van der Waals surface area contributed by atoms with E-state index in [1.165, 1.54) is 6.92 Å². The van der Waals surface area contributed by atoms with Crippen LogP contribution in [0.15, 0.2) is 24.3 Å². The van der Waals surface area contributed by atoms with Gasteiger partial charge in [-0.25, -0.2) is 0 Å². The van der Waals surface area contributed by atoms with Gasteiger partial charge in [-0.15, -0.1) is 0 Å². The number of carbonyl (C=O) groups is 2. The molecular formula is C19H28ClN3O2. The number of hydrogen-bond acceptors (Lipinski definition) is 3. The summed E-state index contributed by atoms with van der Waals surface area (Å²) in [5.74, 6) is 0.596. The molecule has 1 aliphatic heterocycles. The van der Waals surface area contributed by atoms with Crippen LogP contribution in [0.5, 0.6) is 0 Å². The molecule has 2 N–H and O–H groups in total. The number of amides is 2. The molecule has 1 heterocycles. The molecule has 1 aromatic carbocycles. The van der Waals surface area contributed by atoms with Crippen LogP contribution >= 0.6 is 11.6 Å². The van der Waals surface area contributed by atoms with Gasteiger partial charge in [-0.2, -0.15) is 0 Å². The number of rotatable bonds is 7. The molecule has 0 spiro atoms. The zero-order valence-electron chi connectivity index (χ0n) is 15.1. The Morgan fingerprint density at radius 1 is 1.24 bits per heavy atom. The summed E-state index contributed by atoms with van der Waals surface area (Å²) in [4.78, 5) is 26.1. The Kier molecular flexibility index (Phi) is 7.72. The van der Waals surface area contributed by atoms with Crippen molar-refractivity contribution in [2.75, 3.05) is 26.2 Å². The van der Waals surface area contributed by atoms with Crippen LogP contribution in [-0.2, 0) is 9.59 Å². The summed E-state index contributed by atoms with van der Waals surface area (Å²) in [6, 6.07) is 6.96. The number of hydrogen-bond donors (Lipinski definition) is 2. The average Bonchev–Trinajstić information content (AvgIpc) is 2.60. The molecular weight excluding hydrogens is 338 g/mol. The van der Waals surface area contributed by atoms with Crippen molar-refractivity contribution in [2.24, 2.45) is 5.92 Å². The van der Waals surface area contributed by atoms with Crippen molar-refractivity contribution in [3.05, 3.63) is 34.9 Å². The Bertz CT molecular complexity index is 569. The van der Waals surface area contributed by atoms with Crippen molar-refractivity contribution < 1.29 is 9.59 Å². The number of likely N-dealkylation sites (tertiary alicyclic amines) is 1. The van der Waals surface area contributed by atoms with Crippen LogP contribution in [0.1, 0.15) is 44.7 Å². The van der Waals surface area contributed by atoms with Crippen molar-refractivity contribution in [2.45, 2.75) is 39.2 Å². The minimum absolute atomic E-state index is 0.0931. The second-order valence-corrected chi connectivity index (χ2v) is 7.08. The van der Waals surface area contributed by atoms with Gasteiger partial charge in [0.25, 0.3) is 0 Å². The van der Waals surface area contributed by atoms with Gasteiger partial charge in [-0.1, -0.05) is 30.7 Å². The topological polar surface area (TPSA) is 61.4 Å². The molecule has 0 saturated carbocycles. The fourth-order valence-electron chi connectivity index (χ4n) is 3.23. The second kappa shape index (κ2) is 9.78. The maximum Gasteiger partial charge on any atom is 0.224 e. The Labute approximate surface area is 155 Å². The second-order valence-electron chi connectivity index (χ2n) is 6.64. The summed E-state index contributed by atoms with van der Waals surface area (Å²) in [5.41, 5.74) is 0.898. The highest BCUT2D eigenvalue weighted by atomic mass is 35.5. The predicted octanol–water partition coefficient (Wildman–Crippen LogP) is 2.76. The SMILES string of the molecule is CCNCC1CCN(C(=O)CC(NC(C)=O)c2ccc(Cl)cc2)CC1. The highest BCUT2D eigenvalue weighted by molar-refractivity contribution is 6.30. The molecule has 1 fully saturated rings. The van der Waals surface area contributed by atoms with Crippen molar-refractivity contribution in [3.63, 3.8) is 0 Å². The first-order valence-electron chi connectivity index (χ1n) is 9.00. The largest absolute Gasteiger partial charge is 0.349 e. The van der Waals surface area contributed by atoms with Gasteiger partial charge in [0, 0.05) is 25.0 Å². The molecule has 25 heavy (non-hydrogen) atoms. The van der Waals surface area contributed by atoms with Gasteiger partial charge in [0.2, 0.25) is 11.8 Å². The molecule has 0 aromatic heterocycles. The van der Waals surface area contributed by atoms with Crippen LogP contribution in [0.25, 0.3) is 0 Å². The van der Waals surface area contributed by atoms with Gasteiger partial charge in [-0.05, 0) is 49.5 Å². The number of piperidine rings is 1. The van der Waals surface area contributed by atoms with Gasteiger partial charge in [0.15, 0.2) is 0 Å². The van der Waals surface area contributed by atoms with Gasteiger partial charge in [0.05, 0.1) is 12.5 Å². The summed E-state index contributed by atoms with van der Waals surface area (Å²) in [7, 11) is 0. The highest BCUT2D eigenvalue weighted by Gasteiger charge is 2.25. The Morgan fingerprint density at radius 2 is 1.88 bits per heavy atom. The van der Waals surface area contributed by atoms with Gasteiger partial charge in [0.1, 0.15) is 0 Å². The van der Waals surface area contributed by atoms with E-state index >= 15 is 0 Å². The number of nitrogens with zero attached hydrogens (tertiary/aromatic N) is 1. The Balaban J connectivity index is 1.93. The predicted molar refractivity (Wildman–Crippen MR) is 100 cm³/mol. The third-order valence-corrected chi connectivity index (χ3v) is 4.93. The standard InChI is InChI=1S/C19H28ClN3O2/c1-3-21-13-15-8-10-23(11-9-15)19(25)12-18(22-14(2)24)16-4-6-17(20)7-5-16/h4-7,15,18,21H,3,8-13H2,1-2H3,(H,22,24). The summed E-state index contributed by atoms with van der Waals surface area (Å²) >= 11 is 5.93. The average molecular weight is 366 g/mol. The molecule has 138 valence electrons. The van der Waals surface area contributed by atoms with Crippen LogP contribution in [0.4, 0.5) is 0 Å². The van der Waals surface area contributed by atoms with Crippen molar-refractivity contribution >= 4 is 23.4 Å². The normalized spacial score (nSPS) is 16.5. The summed E-state index contributed by atoms with van der Waals surface area (Å²) in [5, 5.41) is 6.90. The molecule has 1 aliphatic rings. The zero-order valence-corrected chi connectivity index (χ0v) is 15.8. The molecule has 2 amide bonds. The van der Waals surface area contributed by atoms with Crippen LogP contribution in [0, 0.1) is 5.92 Å². The fraction of sp³-hybridized carbons (Fsp3) is 0.579. The lowest BCUT2D eigenvalue weighted by Gasteiger charge is -2.33. The smallest absolute Gasteiger partial charge is 0.224 e. The zero-order chi connectivity index (χ0) is 18.2. The van der Waals surface area contributed by atoms with Crippen molar-refractivity contribution in [3.8, 4) is 0 Å². The lowest BCUT2D eigenvalue weighted by Crippen LogP contribution is -2.42. The van der Waals surface area contributed by atoms with Crippen LogP contribution in [0.2, 0.25) is 5.02 Å². The lowest BCUT2D eigenvalue weighted by molar-refractivity contribution is -0.133. The molecule has 0 bridgehead atoms. The van der Waals surface area contributed by atoms with E-state index in [9.17, 15) is 9.59 Å². The van der Waals surface area contributed by atoms with Gasteiger partial charge < -0.3 is 15.5 Å². The number of benzene rings is 1. The van der Waals surface area contributed by atoms with E-state index in [1.54, 1.807) is 12.1 Å². The van der Waals surface area contributed by atoms with E-state index in [0.29, 0.717) is 10.9 Å². The molecule has 2 rings (SSSR count). The molecule has 1 saturated heterocycles. The number of halogens is 1. The fourth-order valence-corrected chi connectivity index (χ4v) is 3.36. The number of nitrogens with one attached hydrogen (secondary N) is 2. The minimum atomic E-state index is -0.318. The molecule has 1 unspecified atom stereocenters. The monoisotopic (exact) mass is 365 g/mol. The summed E-state index contributed by atoms with van der Waals surface area (Å²) in [6.45, 7) is 7.18. The minimum Gasteiger partial charge on any atom is -0.349 e. The van der Waals surface area contributed by atoms with Crippen LogP contribution in [-0.4, -0.2) is 42.9 Å². The maximum absolute atomic E-state index is 12.7. The van der Waals surface area contributed by atoms with Crippen LogP contribution in [0.3, 0.4) is 0 Å². The highest BCUT2D eigenvalue weighted by Crippen LogP contribution is 2.23. The lowest BCUT2D eigenvalue weighted by atomic mass is 9.95. The molecule has 0 aliphatic carbocycles. The first kappa shape index (κ1) is 19.7. The summed E-state index contributed by atoms with van der Waals surface area (Å²) < 4.78 is 0. The van der Waals surface area contributed by atoms with Crippen molar-refractivity contribution in [1.29, 1.82) is 0 Å². The first-order chi connectivity index (χ1) is 12.0. The van der Waals surface area contributed by atoms with E-state index < -0.39 is 0 Å². The molecule has 1 aromatic rings. The molecule has 5 nitrogen and oxygen atoms in total. The third-order valence-electron chi connectivity index (χ3n) is 4.68. The Morgan fingerprint density at radius 3 is 2.44 bits per heavy atom. The molecule has 6 heteroatoms. The molecule has 0 radical (unpaired) electrons. The van der Waals surface area contributed by atoms with Gasteiger partial charge in [-0.3, -0.25) is 9.59 Å². The van der Waals surface area contributed by atoms with Crippen LogP contribution < -0.4 is 10.6 Å². The van der Waals surface area contributed by atoms with Gasteiger partial charge >= 0.3 is 0 Å². The Hall–Kier alpha value is -1.59. The quantitative estimate of drug-likeness (QED) is 0.781. The molecule has 1 atom stereocenters. The van der Waals surface area contributed by atoms with E-state index in [4.69, 9.17) is 11.6 Å². The van der Waals surface area contributed by atoms with E-state index in [2.05, 4.69) is 17.6 Å². The first-order valence-corrected chi connectivity index (χ1v) is 9.38.